The third kappa shape index (κ3) is 3.79. The lowest BCUT2D eigenvalue weighted by molar-refractivity contribution is 0.0926. The Morgan fingerprint density at radius 3 is 2.68 bits per heavy atom. The van der Waals surface area contributed by atoms with Crippen molar-refractivity contribution >= 4 is 22.8 Å². The maximum atomic E-state index is 12.7. The van der Waals surface area contributed by atoms with Crippen molar-refractivity contribution in [3.8, 4) is 0 Å². The van der Waals surface area contributed by atoms with Crippen LogP contribution in [0.2, 0.25) is 0 Å². The lowest BCUT2D eigenvalue weighted by Gasteiger charge is -2.27. The van der Waals surface area contributed by atoms with E-state index in [0.29, 0.717) is 0 Å². The first-order chi connectivity index (χ1) is 13.6. The first-order valence-electron chi connectivity index (χ1n) is 10.1. The van der Waals surface area contributed by atoms with Crippen molar-refractivity contribution in [3.63, 3.8) is 0 Å². The molecule has 1 aliphatic carbocycles. The summed E-state index contributed by atoms with van der Waals surface area (Å²) in [6, 6.07) is 10.6. The molecule has 2 N–H and O–H groups in total. The normalized spacial score (nSPS) is 18.2. The van der Waals surface area contributed by atoms with Crippen LogP contribution in [0.25, 0.3) is 5.57 Å². The number of rotatable bonds is 3. The third-order valence-corrected chi connectivity index (χ3v) is 7.00. The van der Waals surface area contributed by atoms with Crippen molar-refractivity contribution in [1.82, 2.24) is 10.2 Å². The van der Waals surface area contributed by atoms with Crippen LogP contribution in [0, 0.1) is 0 Å². The number of nitrogens with zero attached hydrogens (tertiary/aromatic N) is 1. The van der Waals surface area contributed by atoms with Gasteiger partial charge in [-0.3, -0.25) is 4.79 Å². The van der Waals surface area contributed by atoms with Gasteiger partial charge in [-0.05, 0) is 68.0 Å². The van der Waals surface area contributed by atoms with Crippen molar-refractivity contribution < 1.29 is 9.90 Å². The van der Waals surface area contributed by atoms with Crippen LogP contribution < -0.4 is 5.32 Å². The number of hydrogen-bond acceptors (Lipinski definition) is 4. The van der Waals surface area contributed by atoms with Gasteiger partial charge in [0, 0.05) is 24.0 Å². The summed E-state index contributed by atoms with van der Waals surface area (Å²) in [7, 11) is 2.18. The Morgan fingerprint density at radius 2 is 1.93 bits per heavy atom. The van der Waals surface area contributed by atoms with E-state index in [2.05, 4.69) is 47.6 Å². The maximum Gasteiger partial charge on any atom is 0.261 e. The van der Waals surface area contributed by atoms with E-state index < -0.39 is 0 Å². The van der Waals surface area contributed by atoms with Gasteiger partial charge in [0.2, 0.25) is 0 Å². The molecule has 0 bridgehead atoms. The number of piperidine rings is 1. The molecule has 1 amide bonds. The molecule has 1 atom stereocenters. The fourth-order valence-electron chi connectivity index (χ4n) is 4.17. The zero-order valence-electron chi connectivity index (χ0n) is 16.6. The van der Waals surface area contributed by atoms with Crippen molar-refractivity contribution in [2.24, 2.45) is 0 Å². The first-order valence-corrected chi connectivity index (χ1v) is 10.9. The molecule has 0 saturated carbocycles. The minimum atomic E-state index is -0.234. The minimum Gasteiger partial charge on any atom is -0.394 e. The van der Waals surface area contributed by atoms with Gasteiger partial charge in [0.05, 0.1) is 11.5 Å². The van der Waals surface area contributed by atoms with Gasteiger partial charge in [0.1, 0.15) is 0 Å². The topological polar surface area (TPSA) is 52.6 Å². The molecule has 1 aliphatic heterocycles. The van der Waals surface area contributed by atoms with Crippen molar-refractivity contribution in [2.75, 3.05) is 26.7 Å². The number of benzene rings is 1. The fraction of sp³-hybridized carbons (Fsp3) is 0.435. The number of carbonyl (C=O) groups excluding carboxylic acids is 1. The van der Waals surface area contributed by atoms with E-state index in [0.717, 1.165) is 43.6 Å². The molecule has 1 aromatic carbocycles. The highest BCUT2D eigenvalue weighted by atomic mass is 32.1. The number of amides is 1. The molecule has 2 aromatic rings. The predicted molar refractivity (Wildman–Crippen MR) is 115 cm³/mol. The Hall–Kier alpha value is -1.95. The number of hydrogen-bond donors (Lipinski definition) is 2. The molecule has 1 aromatic heterocycles. The second kappa shape index (κ2) is 8.19. The molecule has 5 heteroatoms. The van der Waals surface area contributed by atoms with E-state index in [4.69, 9.17) is 0 Å². The molecular weight excluding hydrogens is 368 g/mol. The summed E-state index contributed by atoms with van der Waals surface area (Å²) in [5, 5.41) is 12.1. The van der Waals surface area contributed by atoms with E-state index in [1.165, 1.54) is 32.7 Å². The zero-order valence-corrected chi connectivity index (χ0v) is 17.4. The Balaban J connectivity index is 1.79. The Bertz CT molecular complexity index is 905. The van der Waals surface area contributed by atoms with E-state index in [1.54, 1.807) is 11.3 Å². The molecule has 148 valence electrons. The van der Waals surface area contributed by atoms with Crippen LogP contribution in [0.1, 0.15) is 51.0 Å². The molecule has 4 rings (SSSR count). The van der Waals surface area contributed by atoms with Gasteiger partial charge < -0.3 is 15.3 Å². The van der Waals surface area contributed by atoms with Crippen molar-refractivity contribution in [1.29, 1.82) is 0 Å². The minimum absolute atomic E-state index is 0.0486. The summed E-state index contributed by atoms with van der Waals surface area (Å²) in [4.78, 5) is 17.1. The average molecular weight is 397 g/mol. The van der Waals surface area contributed by atoms with Crippen molar-refractivity contribution in [2.45, 2.75) is 38.6 Å². The molecule has 2 aliphatic rings. The summed E-state index contributed by atoms with van der Waals surface area (Å²) < 4.78 is 0. The zero-order chi connectivity index (χ0) is 19.7. The van der Waals surface area contributed by atoms with Crippen LogP contribution in [-0.2, 0) is 12.8 Å². The highest BCUT2D eigenvalue weighted by Gasteiger charge is 2.26. The highest BCUT2D eigenvalue weighted by molar-refractivity contribution is 7.14. The van der Waals surface area contributed by atoms with Crippen LogP contribution in [-0.4, -0.2) is 48.7 Å². The molecule has 1 saturated heterocycles. The second-order valence-corrected chi connectivity index (χ2v) is 9.08. The second-order valence-electron chi connectivity index (χ2n) is 7.94. The molecule has 0 radical (unpaired) electrons. The van der Waals surface area contributed by atoms with Crippen LogP contribution >= 0.6 is 11.3 Å². The SMILES string of the molecule is CC(CO)NC(=O)c1cc2c(s1)CCc1ccccc1C2=C1CCN(C)CC1. The van der Waals surface area contributed by atoms with Gasteiger partial charge in [-0.1, -0.05) is 29.8 Å². The largest absolute Gasteiger partial charge is 0.394 e. The molecule has 1 fully saturated rings. The molecule has 2 heterocycles. The highest BCUT2D eigenvalue weighted by Crippen LogP contribution is 2.41. The third-order valence-electron chi connectivity index (χ3n) is 5.81. The summed E-state index contributed by atoms with van der Waals surface area (Å²) >= 11 is 1.61. The predicted octanol–water partition coefficient (Wildman–Crippen LogP) is 3.48. The summed E-state index contributed by atoms with van der Waals surface area (Å²) in [6.07, 6.45) is 4.14. The lowest BCUT2D eigenvalue weighted by atomic mass is 9.87. The fourth-order valence-corrected chi connectivity index (χ4v) is 5.24. The van der Waals surface area contributed by atoms with E-state index in [-0.39, 0.29) is 18.6 Å². The van der Waals surface area contributed by atoms with Gasteiger partial charge >= 0.3 is 0 Å². The molecular formula is C23H28N2O2S. The van der Waals surface area contributed by atoms with Crippen LogP contribution in [0.3, 0.4) is 0 Å². The standard InChI is InChI=1S/C23H28N2O2S/c1-15(14-26)24-23(27)21-13-19-20(28-21)8-7-16-5-3-4-6-18(16)22(19)17-9-11-25(2)12-10-17/h3-6,13,15,26H,7-12,14H2,1-2H3,(H,24,27). The van der Waals surface area contributed by atoms with Gasteiger partial charge in [-0.15, -0.1) is 11.3 Å². The van der Waals surface area contributed by atoms with E-state index >= 15 is 0 Å². The monoisotopic (exact) mass is 396 g/mol. The number of fused-ring (bicyclic) bond motifs is 2. The summed E-state index contributed by atoms with van der Waals surface area (Å²) in [5.74, 6) is -0.0827. The average Bonchev–Trinajstić information content (AvgIpc) is 3.06. The van der Waals surface area contributed by atoms with Crippen molar-refractivity contribution in [3.05, 3.63) is 62.3 Å². The summed E-state index contributed by atoms with van der Waals surface area (Å²) in [5.41, 5.74) is 6.88. The number of aliphatic hydroxyl groups is 1. The van der Waals surface area contributed by atoms with E-state index in [9.17, 15) is 9.90 Å². The Kier molecular flexibility index (Phi) is 5.67. The lowest BCUT2D eigenvalue weighted by Crippen LogP contribution is -2.34. The van der Waals surface area contributed by atoms with Crippen LogP contribution in [0.4, 0.5) is 0 Å². The summed E-state index contributed by atoms with van der Waals surface area (Å²) in [6.45, 7) is 3.94. The number of aliphatic hydroxyl groups excluding tert-OH is 1. The maximum absolute atomic E-state index is 12.7. The van der Waals surface area contributed by atoms with Gasteiger partial charge in [-0.2, -0.15) is 0 Å². The number of aryl methyl sites for hydroxylation is 2. The molecule has 28 heavy (non-hydrogen) atoms. The number of nitrogens with one attached hydrogen (secondary N) is 1. The molecule has 1 unspecified atom stereocenters. The van der Waals surface area contributed by atoms with Crippen LogP contribution in [0.5, 0.6) is 0 Å². The van der Waals surface area contributed by atoms with E-state index in [1.807, 2.05) is 6.92 Å². The molecule has 0 spiro atoms. The first kappa shape index (κ1) is 19.4. The van der Waals surface area contributed by atoms with Crippen LogP contribution in [0.15, 0.2) is 35.9 Å². The smallest absolute Gasteiger partial charge is 0.261 e. The van der Waals surface area contributed by atoms with Gasteiger partial charge in [0.15, 0.2) is 0 Å². The number of likely N-dealkylation sites (tertiary alicyclic amines) is 1. The quantitative estimate of drug-likeness (QED) is 0.835. The number of carbonyl (C=O) groups is 1. The molecule has 4 nitrogen and oxygen atoms in total. The Labute approximate surface area is 170 Å². The Morgan fingerprint density at radius 1 is 1.18 bits per heavy atom. The van der Waals surface area contributed by atoms with Gasteiger partial charge in [-0.25, -0.2) is 0 Å². The van der Waals surface area contributed by atoms with Gasteiger partial charge in [0.25, 0.3) is 5.91 Å². The number of thiophene rings is 1.